The van der Waals surface area contributed by atoms with Gasteiger partial charge in [-0.05, 0) is 18.3 Å². The van der Waals surface area contributed by atoms with Crippen LogP contribution < -0.4 is 5.32 Å². The monoisotopic (exact) mass is 426 g/mol. The Morgan fingerprint density at radius 2 is 1.67 bits per heavy atom. The number of carbonyl (C=O) groups excluding carboxylic acids is 3. The summed E-state index contributed by atoms with van der Waals surface area (Å²) in [5.74, 6) is -1.53. The van der Waals surface area contributed by atoms with Gasteiger partial charge in [0.1, 0.15) is 0 Å². The number of nitrogens with zero attached hydrogens (tertiary/aromatic N) is 1. The number of aliphatic hydroxyl groups is 1. The minimum atomic E-state index is -0.977. The number of aliphatic hydroxyl groups excluding tert-OH is 1. The average molecular weight is 427 g/mol. The molecule has 8 nitrogen and oxygen atoms in total. The van der Waals surface area contributed by atoms with Gasteiger partial charge in [-0.1, -0.05) is 41.5 Å². The van der Waals surface area contributed by atoms with Crippen molar-refractivity contribution in [2.24, 2.45) is 10.8 Å². The predicted molar refractivity (Wildman–Crippen MR) is 113 cm³/mol. The Morgan fingerprint density at radius 1 is 1.07 bits per heavy atom. The third kappa shape index (κ3) is 8.52. The Morgan fingerprint density at radius 3 is 2.17 bits per heavy atom. The van der Waals surface area contributed by atoms with Crippen molar-refractivity contribution >= 4 is 23.4 Å². The van der Waals surface area contributed by atoms with Gasteiger partial charge in [0.2, 0.25) is 5.91 Å². The van der Waals surface area contributed by atoms with E-state index >= 15 is 0 Å². The molecular formula is C22H38N2O6. The molecule has 3 unspecified atom stereocenters. The molecule has 1 saturated heterocycles. The van der Waals surface area contributed by atoms with Crippen molar-refractivity contribution in [2.75, 3.05) is 13.1 Å². The van der Waals surface area contributed by atoms with Crippen LogP contribution in [0.2, 0.25) is 0 Å². The number of carboxylic acid groups (broad SMARTS) is 1. The number of ketones is 2. The molecule has 0 aromatic carbocycles. The largest absolute Gasteiger partial charge is 0.481 e. The molecule has 3 atom stereocenters. The maximum Gasteiger partial charge on any atom is 0.303 e. The highest BCUT2D eigenvalue weighted by Gasteiger charge is 2.39. The van der Waals surface area contributed by atoms with Gasteiger partial charge in [-0.2, -0.15) is 0 Å². The summed E-state index contributed by atoms with van der Waals surface area (Å²) in [5.41, 5.74) is -0.668. The van der Waals surface area contributed by atoms with Gasteiger partial charge in [0.25, 0.3) is 0 Å². The predicted octanol–water partition coefficient (Wildman–Crippen LogP) is 1.78. The van der Waals surface area contributed by atoms with Gasteiger partial charge < -0.3 is 20.4 Å². The average Bonchev–Trinajstić information content (AvgIpc) is 2.97. The maximum atomic E-state index is 12.9. The Labute approximate surface area is 179 Å². The Bertz CT molecular complexity index is 647. The van der Waals surface area contributed by atoms with Crippen molar-refractivity contribution in [3.05, 3.63) is 0 Å². The lowest BCUT2D eigenvalue weighted by Crippen LogP contribution is -2.50. The van der Waals surface area contributed by atoms with Gasteiger partial charge in [-0.3, -0.25) is 19.2 Å². The van der Waals surface area contributed by atoms with Crippen LogP contribution in [0, 0.1) is 10.8 Å². The van der Waals surface area contributed by atoms with Crippen LogP contribution in [0.3, 0.4) is 0 Å². The molecule has 0 aromatic rings. The zero-order chi connectivity index (χ0) is 23.3. The fourth-order valence-electron chi connectivity index (χ4n) is 3.66. The topological polar surface area (TPSA) is 124 Å². The lowest BCUT2D eigenvalue weighted by molar-refractivity contribution is -0.139. The van der Waals surface area contributed by atoms with Crippen molar-refractivity contribution in [2.45, 2.75) is 91.8 Å². The first kappa shape index (κ1) is 26.2. The lowest BCUT2D eigenvalue weighted by atomic mass is 9.79. The quantitative estimate of drug-likeness (QED) is 0.486. The highest BCUT2D eigenvalue weighted by atomic mass is 16.4. The summed E-state index contributed by atoms with van der Waals surface area (Å²) in [6, 6.07) is -1.25. The number of rotatable bonds is 10. The fraction of sp³-hybridized carbons (Fsp3) is 0.818. The lowest BCUT2D eigenvalue weighted by Gasteiger charge is -2.31. The van der Waals surface area contributed by atoms with Gasteiger partial charge in [0.05, 0.1) is 24.7 Å². The van der Waals surface area contributed by atoms with E-state index in [1.54, 1.807) is 0 Å². The standard InChI is InChI=1S/C22H38N2O6/c1-21(2,3)11-15(20(30)22(4,5)6)23-12-17(26)16-10-14(25)13-24(16)18(27)8-7-9-19(28)29/h14-16,23,25H,7-13H2,1-6H3,(H,28,29). The number of nitrogens with one attached hydrogen (secondary N) is 1. The number of aliphatic carboxylic acids is 1. The van der Waals surface area contributed by atoms with E-state index in [9.17, 15) is 24.3 Å². The number of Topliss-reactive ketones (excluding diaryl/α,β-unsaturated/α-hetero) is 2. The van der Waals surface area contributed by atoms with E-state index in [4.69, 9.17) is 5.11 Å². The first-order valence-electron chi connectivity index (χ1n) is 10.6. The number of amides is 1. The van der Waals surface area contributed by atoms with Crippen LogP contribution in [0.25, 0.3) is 0 Å². The molecule has 0 aromatic heterocycles. The molecule has 8 heteroatoms. The summed E-state index contributed by atoms with van der Waals surface area (Å²) in [6.07, 6.45) is 0.0261. The van der Waals surface area contributed by atoms with E-state index in [1.807, 2.05) is 41.5 Å². The van der Waals surface area contributed by atoms with Gasteiger partial charge >= 0.3 is 5.97 Å². The molecular weight excluding hydrogens is 388 g/mol. The normalized spacial score (nSPS) is 20.8. The van der Waals surface area contributed by atoms with Crippen LogP contribution in [0.4, 0.5) is 0 Å². The summed E-state index contributed by atoms with van der Waals surface area (Å²) in [7, 11) is 0. The number of hydrogen-bond donors (Lipinski definition) is 3. The van der Waals surface area contributed by atoms with Gasteiger partial charge in [0, 0.05) is 31.2 Å². The van der Waals surface area contributed by atoms with Gasteiger partial charge in [-0.15, -0.1) is 0 Å². The van der Waals surface area contributed by atoms with Crippen LogP contribution >= 0.6 is 0 Å². The van der Waals surface area contributed by atoms with E-state index < -0.39 is 29.6 Å². The molecule has 172 valence electrons. The molecule has 0 aliphatic carbocycles. The van der Waals surface area contributed by atoms with E-state index in [0.29, 0.717) is 6.42 Å². The molecule has 1 amide bonds. The Hall–Kier alpha value is -1.80. The second-order valence-corrected chi connectivity index (χ2v) is 10.5. The molecule has 0 radical (unpaired) electrons. The molecule has 1 rings (SSSR count). The molecule has 1 aliphatic rings. The molecule has 1 fully saturated rings. The number of carboxylic acids is 1. The van der Waals surface area contributed by atoms with Crippen molar-refractivity contribution in [1.82, 2.24) is 10.2 Å². The van der Waals surface area contributed by atoms with Crippen molar-refractivity contribution in [1.29, 1.82) is 0 Å². The second-order valence-electron chi connectivity index (χ2n) is 10.5. The zero-order valence-corrected chi connectivity index (χ0v) is 19.2. The SMILES string of the molecule is CC(C)(C)CC(NCC(=O)C1CC(O)CN1C(=O)CCCC(=O)O)C(=O)C(C)(C)C. The highest BCUT2D eigenvalue weighted by molar-refractivity contribution is 5.93. The molecule has 3 N–H and O–H groups in total. The van der Waals surface area contributed by atoms with Crippen LogP contribution in [0.15, 0.2) is 0 Å². The number of β-amino-alcohol motifs (C(OH)–C–C–N with tert-alkyl or cyclic N) is 1. The van der Waals surface area contributed by atoms with Crippen LogP contribution in [0.1, 0.15) is 73.6 Å². The summed E-state index contributed by atoms with van der Waals surface area (Å²) in [5, 5.41) is 21.8. The second kappa shape index (κ2) is 10.5. The van der Waals surface area contributed by atoms with E-state index in [-0.39, 0.29) is 61.7 Å². The fourth-order valence-corrected chi connectivity index (χ4v) is 3.66. The minimum Gasteiger partial charge on any atom is -0.481 e. The number of carbonyl (C=O) groups is 4. The summed E-state index contributed by atoms with van der Waals surface area (Å²) < 4.78 is 0. The summed E-state index contributed by atoms with van der Waals surface area (Å²) in [6.45, 7) is 11.6. The van der Waals surface area contributed by atoms with Crippen LogP contribution in [0.5, 0.6) is 0 Å². The first-order valence-corrected chi connectivity index (χ1v) is 10.6. The van der Waals surface area contributed by atoms with Crippen LogP contribution in [-0.4, -0.2) is 69.8 Å². The van der Waals surface area contributed by atoms with E-state index in [2.05, 4.69) is 5.32 Å². The molecule has 1 aliphatic heterocycles. The third-order valence-corrected chi connectivity index (χ3v) is 5.15. The van der Waals surface area contributed by atoms with Crippen molar-refractivity contribution in [3.63, 3.8) is 0 Å². The molecule has 1 heterocycles. The number of hydrogen-bond acceptors (Lipinski definition) is 6. The molecule has 0 saturated carbocycles. The van der Waals surface area contributed by atoms with E-state index in [0.717, 1.165) is 0 Å². The van der Waals surface area contributed by atoms with Crippen LogP contribution in [-0.2, 0) is 19.2 Å². The molecule has 30 heavy (non-hydrogen) atoms. The summed E-state index contributed by atoms with van der Waals surface area (Å²) >= 11 is 0. The zero-order valence-electron chi connectivity index (χ0n) is 19.2. The maximum absolute atomic E-state index is 12.9. The highest BCUT2D eigenvalue weighted by Crippen LogP contribution is 2.26. The number of likely N-dealkylation sites (tertiary alicyclic amines) is 1. The minimum absolute atomic E-state index is 0.0192. The smallest absolute Gasteiger partial charge is 0.303 e. The van der Waals surface area contributed by atoms with Gasteiger partial charge in [0.15, 0.2) is 11.6 Å². The Kier molecular flexibility index (Phi) is 9.17. The third-order valence-electron chi connectivity index (χ3n) is 5.15. The van der Waals surface area contributed by atoms with Crippen molar-refractivity contribution < 1.29 is 29.4 Å². The van der Waals surface area contributed by atoms with Gasteiger partial charge in [-0.25, -0.2) is 0 Å². The summed E-state index contributed by atoms with van der Waals surface area (Å²) in [4.78, 5) is 50.1. The molecule has 0 bridgehead atoms. The Balaban J connectivity index is 2.79. The van der Waals surface area contributed by atoms with Crippen molar-refractivity contribution in [3.8, 4) is 0 Å². The molecule has 0 spiro atoms. The van der Waals surface area contributed by atoms with E-state index in [1.165, 1.54) is 4.90 Å². The first-order chi connectivity index (χ1) is 13.6.